The van der Waals surface area contributed by atoms with E-state index in [4.69, 9.17) is 15.6 Å². The van der Waals surface area contributed by atoms with E-state index in [0.717, 1.165) is 5.75 Å². The molecule has 0 fully saturated rings. The standard InChI is InChI=1S/C17H35N3O6S.CH4/c1-14(21)16(18-2)17(23)20-6-8-25-10-12-26-11-9-24-7-5-19-15(22)4-13-27-3;/h14,16,18,21H,4-13H2,1-3H3,(H,19,22)(H,20,23);1H4/t14-,16+;/m1./s1/i;1D. The van der Waals surface area contributed by atoms with Gasteiger partial charge in [-0.25, -0.2) is 0 Å². The van der Waals surface area contributed by atoms with Crippen molar-refractivity contribution >= 4 is 23.6 Å². The molecule has 2 amide bonds. The predicted octanol–water partition coefficient (Wildman–Crippen LogP) is -0.373. The second-order valence-electron chi connectivity index (χ2n) is 5.73. The molecule has 0 aromatic rings. The molecule has 0 unspecified atom stereocenters. The minimum absolute atomic E-state index is 0.0462. The average molecular weight is 427 g/mol. The van der Waals surface area contributed by atoms with Crippen LogP contribution in [0.5, 0.6) is 0 Å². The van der Waals surface area contributed by atoms with E-state index in [2.05, 4.69) is 16.0 Å². The van der Waals surface area contributed by atoms with Crippen molar-refractivity contribution in [3.63, 3.8) is 0 Å². The van der Waals surface area contributed by atoms with Crippen LogP contribution in [0.15, 0.2) is 0 Å². The highest BCUT2D eigenvalue weighted by atomic mass is 32.2. The van der Waals surface area contributed by atoms with Gasteiger partial charge in [0.25, 0.3) is 0 Å². The third-order valence-electron chi connectivity index (χ3n) is 3.47. The maximum Gasteiger partial charge on any atom is 0.239 e. The number of aliphatic hydroxyl groups is 1. The minimum Gasteiger partial charge on any atom is -0.391 e. The first-order chi connectivity index (χ1) is 14.0. The quantitative estimate of drug-likeness (QED) is 0.219. The Balaban J connectivity index is 0. The van der Waals surface area contributed by atoms with E-state index in [0.29, 0.717) is 59.2 Å². The fourth-order valence-corrected chi connectivity index (χ4v) is 2.42. The summed E-state index contributed by atoms with van der Waals surface area (Å²) >= 11 is 1.65. The molecule has 0 heterocycles. The van der Waals surface area contributed by atoms with Gasteiger partial charge in [0.2, 0.25) is 11.8 Å². The van der Waals surface area contributed by atoms with E-state index in [1.165, 1.54) is 7.40 Å². The van der Waals surface area contributed by atoms with E-state index >= 15 is 0 Å². The molecule has 0 bridgehead atoms. The van der Waals surface area contributed by atoms with Gasteiger partial charge in [0.05, 0.1) is 45.7 Å². The lowest BCUT2D eigenvalue weighted by atomic mass is 10.2. The smallest absolute Gasteiger partial charge is 0.239 e. The maximum absolute atomic E-state index is 11.7. The Kier molecular flexibility index (Phi) is 20.1. The number of thioether (sulfide) groups is 1. The van der Waals surface area contributed by atoms with Gasteiger partial charge >= 0.3 is 0 Å². The Morgan fingerprint density at radius 2 is 1.54 bits per heavy atom. The van der Waals surface area contributed by atoms with Gasteiger partial charge in [-0.2, -0.15) is 11.8 Å². The first-order valence-corrected chi connectivity index (χ1v) is 10.5. The first kappa shape index (κ1) is 27.1. The summed E-state index contributed by atoms with van der Waals surface area (Å²) in [5.74, 6) is 0.614. The molecule has 2 atom stereocenters. The van der Waals surface area contributed by atoms with Gasteiger partial charge < -0.3 is 35.3 Å². The van der Waals surface area contributed by atoms with Crippen LogP contribution in [0.2, 0.25) is 0 Å². The van der Waals surface area contributed by atoms with Crippen molar-refractivity contribution in [3.8, 4) is 0 Å². The fourth-order valence-electron chi connectivity index (χ4n) is 2.04. The molecule has 0 spiro atoms. The third kappa shape index (κ3) is 17.2. The molecule has 0 rings (SSSR count). The van der Waals surface area contributed by atoms with Crippen molar-refractivity contribution in [3.05, 3.63) is 0 Å². The third-order valence-corrected chi connectivity index (χ3v) is 4.08. The van der Waals surface area contributed by atoms with Gasteiger partial charge in [-0.15, -0.1) is 0 Å². The Morgan fingerprint density at radius 1 is 1.04 bits per heavy atom. The first-order valence-electron chi connectivity index (χ1n) is 10.1. The normalized spacial score (nSPS) is 13.0. The summed E-state index contributed by atoms with van der Waals surface area (Å²) in [5, 5.41) is 17.7. The molecule has 0 aliphatic rings. The van der Waals surface area contributed by atoms with Crippen molar-refractivity contribution in [2.24, 2.45) is 0 Å². The molecule has 28 heavy (non-hydrogen) atoms. The van der Waals surface area contributed by atoms with Crippen molar-refractivity contribution in [2.75, 3.05) is 71.8 Å². The number of rotatable bonds is 18. The molecule has 168 valence electrons. The predicted molar refractivity (Wildman–Crippen MR) is 113 cm³/mol. The SMILES string of the molecule is CN[C@H](C(=O)NCCOCCOCCOCCNC(=O)CCSC)[C@@H](C)O.[2H]C. The van der Waals surface area contributed by atoms with Crippen LogP contribution in [0.25, 0.3) is 0 Å². The number of hydrogen-bond acceptors (Lipinski definition) is 8. The summed E-state index contributed by atoms with van der Waals surface area (Å²) in [6, 6.07) is -0.628. The molecular weight excluding hydrogens is 386 g/mol. The van der Waals surface area contributed by atoms with Crippen molar-refractivity contribution in [1.29, 1.82) is 0 Å². The van der Waals surface area contributed by atoms with Gasteiger partial charge in [0.1, 0.15) is 6.04 Å². The lowest BCUT2D eigenvalue weighted by Crippen LogP contribution is -2.49. The van der Waals surface area contributed by atoms with Gasteiger partial charge in [-0.3, -0.25) is 9.59 Å². The van der Waals surface area contributed by atoms with Gasteiger partial charge in [-0.05, 0) is 20.2 Å². The molecule has 0 radical (unpaired) electrons. The lowest BCUT2D eigenvalue weighted by Gasteiger charge is -2.18. The number of amides is 2. The Hall–Kier alpha value is -0.910. The Morgan fingerprint density at radius 3 is 2.00 bits per heavy atom. The minimum atomic E-state index is -0.761. The van der Waals surface area contributed by atoms with E-state index in [1.807, 2.05) is 6.26 Å². The molecule has 10 heteroatoms. The van der Waals surface area contributed by atoms with Crippen LogP contribution in [-0.4, -0.2) is 101 Å². The van der Waals surface area contributed by atoms with Crippen LogP contribution >= 0.6 is 11.8 Å². The summed E-state index contributed by atoms with van der Waals surface area (Å²) in [4.78, 5) is 23.1. The highest BCUT2D eigenvalue weighted by Crippen LogP contribution is 1.94. The Labute approximate surface area is 175 Å². The summed E-state index contributed by atoms with van der Waals surface area (Å²) in [5.41, 5.74) is 0. The molecule has 0 aliphatic carbocycles. The number of aliphatic hydroxyl groups excluding tert-OH is 1. The zero-order valence-electron chi connectivity index (χ0n) is 18.6. The second-order valence-corrected chi connectivity index (χ2v) is 6.71. The molecule has 4 N–H and O–H groups in total. The van der Waals surface area contributed by atoms with E-state index in [1.54, 1.807) is 25.7 Å². The average Bonchev–Trinajstić information content (AvgIpc) is 2.71. The maximum atomic E-state index is 11.7. The summed E-state index contributed by atoms with van der Waals surface area (Å²) in [6.45, 7) is 5.05. The van der Waals surface area contributed by atoms with Crippen molar-refractivity contribution in [2.45, 2.75) is 32.9 Å². The summed E-state index contributed by atoms with van der Waals surface area (Å²) in [6.07, 6.45) is 1.74. The topological polar surface area (TPSA) is 118 Å². The van der Waals surface area contributed by atoms with Crippen LogP contribution < -0.4 is 16.0 Å². The molecule has 0 saturated carbocycles. The zero-order chi connectivity index (χ0) is 22.3. The van der Waals surface area contributed by atoms with E-state index < -0.39 is 12.1 Å². The number of nitrogens with one attached hydrogen (secondary N) is 3. The highest BCUT2D eigenvalue weighted by molar-refractivity contribution is 7.98. The number of carbonyl (C=O) groups excluding carboxylic acids is 2. The molecule has 0 aromatic carbocycles. The van der Waals surface area contributed by atoms with Gasteiger partial charge in [0, 0.05) is 26.6 Å². The summed E-state index contributed by atoms with van der Waals surface area (Å²) in [7, 11) is 2.87. The van der Waals surface area contributed by atoms with E-state index in [9.17, 15) is 14.7 Å². The van der Waals surface area contributed by atoms with Crippen LogP contribution in [0.1, 0.15) is 22.1 Å². The molecule has 9 nitrogen and oxygen atoms in total. The van der Waals surface area contributed by atoms with Crippen LogP contribution in [0, 0.1) is 0 Å². The number of likely N-dealkylation sites (N-methyl/N-ethyl adjacent to an activating group) is 1. The largest absolute Gasteiger partial charge is 0.391 e. The Bertz CT molecular complexity index is 395. The van der Waals surface area contributed by atoms with Crippen LogP contribution in [0.4, 0.5) is 0 Å². The molecule has 0 saturated heterocycles. The zero-order valence-corrected chi connectivity index (χ0v) is 18.4. The van der Waals surface area contributed by atoms with Crippen molar-refractivity contribution in [1.82, 2.24) is 16.0 Å². The summed E-state index contributed by atoms with van der Waals surface area (Å²) < 4.78 is 21.8. The number of carbonyl (C=O) groups is 2. The van der Waals surface area contributed by atoms with Gasteiger partial charge in [-0.1, -0.05) is 7.40 Å². The van der Waals surface area contributed by atoms with Crippen molar-refractivity contribution < 1.29 is 30.3 Å². The van der Waals surface area contributed by atoms with Gasteiger partial charge in [0.15, 0.2) is 0 Å². The van der Waals surface area contributed by atoms with Crippen LogP contribution in [0.3, 0.4) is 0 Å². The number of hydrogen-bond donors (Lipinski definition) is 4. The van der Waals surface area contributed by atoms with E-state index in [-0.39, 0.29) is 11.8 Å². The molecule has 0 aliphatic heterocycles. The number of ether oxygens (including phenoxy) is 3. The fraction of sp³-hybridized carbons (Fsp3) is 0.889. The highest BCUT2D eigenvalue weighted by Gasteiger charge is 2.20. The molecular formula is C18H39N3O6S. The monoisotopic (exact) mass is 426 g/mol. The lowest BCUT2D eigenvalue weighted by molar-refractivity contribution is -0.125. The molecule has 0 aromatic heterocycles. The second kappa shape index (κ2) is 20.8. The van der Waals surface area contributed by atoms with Crippen LogP contribution in [-0.2, 0) is 23.8 Å².